The summed E-state index contributed by atoms with van der Waals surface area (Å²) in [5, 5.41) is 4.67. The van der Waals surface area contributed by atoms with Crippen molar-refractivity contribution < 1.29 is 0 Å². The molecule has 1 aromatic carbocycles. The molecule has 3 nitrogen and oxygen atoms in total. The minimum absolute atomic E-state index is 0.360. The number of H-pyrrole nitrogens is 1. The normalized spacial score (nSPS) is 13.2. The van der Waals surface area contributed by atoms with Crippen LogP contribution in [0.15, 0.2) is 30.5 Å². The van der Waals surface area contributed by atoms with Crippen LogP contribution in [-0.2, 0) is 6.54 Å². The molecule has 0 aliphatic carbocycles. The minimum atomic E-state index is 0.360. The van der Waals surface area contributed by atoms with E-state index in [4.69, 9.17) is 5.73 Å². The van der Waals surface area contributed by atoms with E-state index in [9.17, 15) is 0 Å². The molecule has 0 spiro atoms. The van der Waals surface area contributed by atoms with Crippen molar-refractivity contribution >= 4 is 10.9 Å². The molecule has 1 atom stereocenters. The average molecular weight is 203 g/mol. The van der Waals surface area contributed by atoms with Crippen molar-refractivity contribution in [3.63, 3.8) is 0 Å². The zero-order chi connectivity index (χ0) is 10.7. The number of nitrogens with two attached hydrogens (primary N) is 1. The Kier molecular flexibility index (Phi) is 3.04. The van der Waals surface area contributed by atoms with Crippen LogP contribution in [0.2, 0.25) is 0 Å². The number of fused-ring (bicyclic) bond motifs is 1. The van der Waals surface area contributed by atoms with Gasteiger partial charge in [0.2, 0.25) is 0 Å². The van der Waals surface area contributed by atoms with Gasteiger partial charge in [0.25, 0.3) is 0 Å². The lowest BCUT2D eigenvalue weighted by Gasteiger charge is -2.10. The minimum Gasteiger partial charge on any atom is -0.361 e. The lowest BCUT2D eigenvalue weighted by Crippen LogP contribution is -2.32. The molecule has 0 saturated carbocycles. The van der Waals surface area contributed by atoms with Crippen LogP contribution in [0.4, 0.5) is 0 Å². The Morgan fingerprint density at radius 3 is 3.00 bits per heavy atom. The van der Waals surface area contributed by atoms with Crippen molar-refractivity contribution in [2.45, 2.75) is 19.5 Å². The molecular weight excluding hydrogens is 186 g/mol. The highest BCUT2D eigenvalue weighted by Crippen LogP contribution is 2.17. The molecule has 2 aromatic rings. The quantitative estimate of drug-likeness (QED) is 0.707. The van der Waals surface area contributed by atoms with E-state index < -0.39 is 0 Å². The number of hydrogen-bond donors (Lipinski definition) is 3. The summed E-state index contributed by atoms with van der Waals surface area (Å²) >= 11 is 0. The summed E-state index contributed by atoms with van der Waals surface area (Å²) in [6.07, 6.45) is 2.06. The average Bonchev–Trinajstić information content (AvgIpc) is 2.69. The monoisotopic (exact) mass is 203 g/mol. The summed E-state index contributed by atoms with van der Waals surface area (Å²) < 4.78 is 0. The van der Waals surface area contributed by atoms with Crippen LogP contribution in [0.1, 0.15) is 12.5 Å². The fourth-order valence-electron chi connectivity index (χ4n) is 1.65. The second kappa shape index (κ2) is 4.47. The van der Waals surface area contributed by atoms with E-state index in [0.29, 0.717) is 12.6 Å². The van der Waals surface area contributed by atoms with Crippen molar-refractivity contribution in [1.29, 1.82) is 0 Å². The van der Waals surface area contributed by atoms with Crippen LogP contribution in [-0.4, -0.2) is 17.6 Å². The fraction of sp³-hybridized carbons (Fsp3) is 0.333. The first-order chi connectivity index (χ1) is 7.31. The standard InChI is InChI=1S/C12H17N3/c1-9(6-13)14-7-10-8-15-12-5-3-2-4-11(10)12/h2-5,8-9,14-15H,6-7,13H2,1H3/t9-/m1/s1. The van der Waals surface area contributed by atoms with Crippen molar-refractivity contribution in [1.82, 2.24) is 10.3 Å². The number of aromatic nitrogens is 1. The van der Waals surface area contributed by atoms with Crippen LogP contribution in [0.3, 0.4) is 0 Å². The third kappa shape index (κ3) is 2.19. The molecule has 0 aliphatic heterocycles. The maximum absolute atomic E-state index is 5.55. The molecule has 2 rings (SSSR count). The van der Waals surface area contributed by atoms with Gasteiger partial charge in [-0.1, -0.05) is 18.2 Å². The number of benzene rings is 1. The molecule has 0 unspecified atom stereocenters. The first kappa shape index (κ1) is 10.2. The van der Waals surface area contributed by atoms with E-state index in [1.165, 1.54) is 16.5 Å². The summed E-state index contributed by atoms with van der Waals surface area (Å²) in [5.74, 6) is 0. The molecule has 15 heavy (non-hydrogen) atoms. The predicted molar refractivity (Wildman–Crippen MR) is 63.7 cm³/mol. The largest absolute Gasteiger partial charge is 0.361 e. The Morgan fingerprint density at radius 2 is 2.20 bits per heavy atom. The van der Waals surface area contributed by atoms with Crippen molar-refractivity contribution in [2.24, 2.45) is 5.73 Å². The summed E-state index contributed by atoms with van der Waals surface area (Å²) in [6.45, 7) is 3.62. The summed E-state index contributed by atoms with van der Waals surface area (Å²) in [5.41, 5.74) is 8.04. The van der Waals surface area contributed by atoms with Crippen LogP contribution in [0.5, 0.6) is 0 Å². The smallest absolute Gasteiger partial charge is 0.0457 e. The number of hydrogen-bond acceptors (Lipinski definition) is 2. The van der Waals surface area contributed by atoms with E-state index in [0.717, 1.165) is 6.54 Å². The third-order valence-corrected chi connectivity index (χ3v) is 2.67. The molecule has 0 radical (unpaired) electrons. The van der Waals surface area contributed by atoms with Crippen molar-refractivity contribution in [3.05, 3.63) is 36.0 Å². The van der Waals surface area contributed by atoms with Gasteiger partial charge in [-0.2, -0.15) is 0 Å². The topological polar surface area (TPSA) is 53.8 Å². The second-order valence-electron chi connectivity index (χ2n) is 3.88. The van der Waals surface area contributed by atoms with E-state index in [1.807, 2.05) is 6.07 Å². The summed E-state index contributed by atoms with van der Waals surface area (Å²) in [4.78, 5) is 3.26. The highest BCUT2D eigenvalue weighted by molar-refractivity contribution is 5.82. The van der Waals surface area contributed by atoms with Crippen LogP contribution >= 0.6 is 0 Å². The Bertz CT molecular complexity index is 433. The van der Waals surface area contributed by atoms with E-state index >= 15 is 0 Å². The van der Waals surface area contributed by atoms with Gasteiger partial charge < -0.3 is 16.0 Å². The Hall–Kier alpha value is -1.32. The lowest BCUT2D eigenvalue weighted by atomic mass is 10.1. The van der Waals surface area contributed by atoms with Crippen LogP contribution < -0.4 is 11.1 Å². The Labute approximate surface area is 89.7 Å². The van der Waals surface area contributed by atoms with Gasteiger partial charge in [0, 0.05) is 36.2 Å². The molecule has 80 valence electrons. The number of aromatic amines is 1. The van der Waals surface area contributed by atoms with Crippen LogP contribution in [0, 0.1) is 0 Å². The molecule has 1 heterocycles. The van der Waals surface area contributed by atoms with Crippen molar-refractivity contribution in [2.75, 3.05) is 6.54 Å². The van der Waals surface area contributed by atoms with Crippen molar-refractivity contribution in [3.8, 4) is 0 Å². The number of rotatable bonds is 4. The molecule has 4 N–H and O–H groups in total. The number of para-hydroxylation sites is 1. The molecule has 0 bridgehead atoms. The highest BCUT2D eigenvalue weighted by atomic mass is 14.9. The van der Waals surface area contributed by atoms with E-state index in [2.05, 4.69) is 41.6 Å². The SMILES string of the molecule is C[C@H](CN)NCc1c[nH]c2ccccc12. The molecular formula is C12H17N3. The third-order valence-electron chi connectivity index (χ3n) is 2.67. The van der Waals surface area contributed by atoms with E-state index in [-0.39, 0.29) is 0 Å². The van der Waals surface area contributed by atoms with Gasteiger partial charge >= 0.3 is 0 Å². The van der Waals surface area contributed by atoms with Gasteiger partial charge in [0.1, 0.15) is 0 Å². The molecule has 0 amide bonds. The predicted octanol–water partition coefficient (Wildman–Crippen LogP) is 1.60. The first-order valence-electron chi connectivity index (χ1n) is 5.29. The first-order valence-corrected chi connectivity index (χ1v) is 5.29. The molecule has 0 fully saturated rings. The molecule has 3 heteroatoms. The number of nitrogens with one attached hydrogen (secondary N) is 2. The van der Waals surface area contributed by atoms with Gasteiger partial charge in [0.05, 0.1) is 0 Å². The van der Waals surface area contributed by atoms with Gasteiger partial charge in [-0.15, -0.1) is 0 Å². The zero-order valence-corrected chi connectivity index (χ0v) is 8.96. The van der Waals surface area contributed by atoms with Gasteiger partial charge in [-0.25, -0.2) is 0 Å². The van der Waals surface area contributed by atoms with Gasteiger partial charge in [-0.05, 0) is 18.6 Å². The Balaban J connectivity index is 2.14. The highest BCUT2D eigenvalue weighted by Gasteiger charge is 2.03. The summed E-state index contributed by atoms with van der Waals surface area (Å²) in [7, 11) is 0. The molecule has 0 saturated heterocycles. The maximum Gasteiger partial charge on any atom is 0.0457 e. The summed E-state index contributed by atoms with van der Waals surface area (Å²) in [6, 6.07) is 8.69. The fourth-order valence-corrected chi connectivity index (χ4v) is 1.65. The van der Waals surface area contributed by atoms with Crippen LogP contribution in [0.25, 0.3) is 10.9 Å². The molecule has 0 aliphatic rings. The van der Waals surface area contributed by atoms with Gasteiger partial charge in [-0.3, -0.25) is 0 Å². The Morgan fingerprint density at radius 1 is 1.40 bits per heavy atom. The lowest BCUT2D eigenvalue weighted by molar-refractivity contribution is 0.558. The van der Waals surface area contributed by atoms with E-state index in [1.54, 1.807) is 0 Å². The second-order valence-corrected chi connectivity index (χ2v) is 3.88. The van der Waals surface area contributed by atoms with Gasteiger partial charge in [0.15, 0.2) is 0 Å². The maximum atomic E-state index is 5.55. The zero-order valence-electron chi connectivity index (χ0n) is 8.96. The molecule has 1 aromatic heterocycles.